The second-order valence-electron chi connectivity index (χ2n) is 8.50. The van der Waals surface area contributed by atoms with E-state index in [9.17, 15) is 4.79 Å². The molecule has 1 amide bonds. The molecular weight excluding hydrogens is 318 g/mol. The second-order valence-corrected chi connectivity index (χ2v) is 8.50. The van der Waals surface area contributed by atoms with E-state index in [0.29, 0.717) is 12.5 Å². The predicted octanol–water partition coefficient (Wildman–Crippen LogP) is 1.80. The van der Waals surface area contributed by atoms with E-state index in [2.05, 4.69) is 32.9 Å². The topological polar surface area (TPSA) is 78.0 Å². The van der Waals surface area contributed by atoms with E-state index < -0.39 is 17.2 Å². The van der Waals surface area contributed by atoms with Gasteiger partial charge in [-0.05, 0) is 67.5 Å². The fourth-order valence-corrected chi connectivity index (χ4v) is 2.67. The molecule has 1 saturated heterocycles. The number of nitrogens with one attached hydrogen (secondary N) is 3. The van der Waals surface area contributed by atoms with Crippen LogP contribution in [0.4, 0.5) is 4.79 Å². The number of hydrogen-bond acceptors (Lipinski definition) is 4. The van der Waals surface area contributed by atoms with Crippen molar-refractivity contribution in [2.75, 3.05) is 39.8 Å². The van der Waals surface area contributed by atoms with Gasteiger partial charge in [-0.2, -0.15) is 0 Å². The lowest BCUT2D eigenvalue weighted by molar-refractivity contribution is 0.0476. The first-order valence-electron chi connectivity index (χ1n) is 9.22. The average Bonchev–Trinajstić information content (AvgIpc) is 2.85. The van der Waals surface area contributed by atoms with Crippen LogP contribution in [-0.4, -0.2) is 67.9 Å². The molecule has 0 aromatic carbocycles. The van der Waals surface area contributed by atoms with Crippen molar-refractivity contribution >= 4 is 12.1 Å². The summed E-state index contributed by atoms with van der Waals surface area (Å²) in [7, 11) is 2.16. The lowest BCUT2D eigenvalue weighted by atomic mass is 10.1. The first-order chi connectivity index (χ1) is 11.5. The van der Waals surface area contributed by atoms with Crippen LogP contribution in [0, 0.1) is 5.92 Å². The lowest BCUT2D eigenvalue weighted by Gasteiger charge is -2.27. The molecule has 7 heteroatoms. The van der Waals surface area contributed by atoms with E-state index in [1.54, 1.807) is 0 Å². The molecule has 25 heavy (non-hydrogen) atoms. The smallest absolute Gasteiger partial charge is 0.408 e. The molecule has 0 aromatic heterocycles. The van der Waals surface area contributed by atoms with Crippen LogP contribution < -0.4 is 16.0 Å². The fourth-order valence-electron chi connectivity index (χ4n) is 2.67. The molecule has 0 saturated carbocycles. The van der Waals surface area contributed by atoms with Crippen LogP contribution in [0.3, 0.4) is 0 Å². The van der Waals surface area contributed by atoms with Crippen molar-refractivity contribution in [2.24, 2.45) is 10.9 Å². The van der Waals surface area contributed by atoms with Crippen molar-refractivity contribution < 1.29 is 9.53 Å². The Bertz CT molecular complexity index is 457. The van der Waals surface area contributed by atoms with Crippen molar-refractivity contribution in [2.45, 2.75) is 59.1 Å². The molecule has 1 heterocycles. The molecule has 0 radical (unpaired) electrons. The highest BCUT2D eigenvalue weighted by atomic mass is 16.6. The maximum absolute atomic E-state index is 12.0. The van der Waals surface area contributed by atoms with Crippen molar-refractivity contribution in [1.82, 2.24) is 20.9 Å². The molecule has 7 nitrogen and oxygen atoms in total. The van der Waals surface area contributed by atoms with E-state index in [0.717, 1.165) is 32.1 Å². The zero-order valence-electron chi connectivity index (χ0n) is 17.0. The molecule has 1 aliphatic rings. The fraction of sp³-hybridized carbons (Fsp3) is 0.889. The number of rotatable bonds is 6. The number of likely N-dealkylation sites (tertiary alicyclic amines) is 1. The van der Waals surface area contributed by atoms with E-state index in [4.69, 9.17) is 4.74 Å². The number of alkyl carbamates (subject to hydrolysis) is 1. The predicted molar refractivity (Wildman–Crippen MR) is 103 cm³/mol. The molecule has 0 aliphatic carbocycles. The van der Waals surface area contributed by atoms with Gasteiger partial charge in [0.2, 0.25) is 0 Å². The molecule has 0 bridgehead atoms. The Labute approximate surface area is 153 Å². The maximum Gasteiger partial charge on any atom is 0.408 e. The van der Waals surface area contributed by atoms with Crippen LogP contribution in [0.2, 0.25) is 0 Å². The van der Waals surface area contributed by atoms with E-state index in [1.165, 1.54) is 6.42 Å². The van der Waals surface area contributed by atoms with Gasteiger partial charge >= 0.3 is 6.09 Å². The molecule has 1 rings (SSSR count). The van der Waals surface area contributed by atoms with Crippen LogP contribution in [-0.2, 0) is 4.74 Å². The van der Waals surface area contributed by atoms with Crippen LogP contribution in [0.1, 0.15) is 48.0 Å². The number of carbonyl (C=O) groups is 1. The summed E-state index contributed by atoms with van der Waals surface area (Å²) < 4.78 is 5.32. The number of ether oxygens (including phenoxy) is 1. The maximum atomic E-state index is 12.0. The minimum atomic E-state index is -0.506. The highest BCUT2D eigenvalue weighted by Gasteiger charge is 2.25. The van der Waals surface area contributed by atoms with Crippen molar-refractivity contribution in [3.8, 4) is 0 Å². The quantitative estimate of drug-likeness (QED) is 0.500. The third-order valence-corrected chi connectivity index (χ3v) is 3.86. The summed E-state index contributed by atoms with van der Waals surface area (Å²) >= 11 is 0. The zero-order valence-corrected chi connectivity index (χ0v) is 17.0. The zero-order chi connectivity index (χ0) is 19.1. The molecule has 1 fully saturated rings. The van der Waals surface area contributed by atoms with Crippen LogP contribution in [0.25, 0.3) is 0 Å². The van der Waals surface area contributed by atoms with Crippen molar-refractivity contribution in [3.63, 3.8) is 0 Å². The average molecular weight is 356 g/mol. The van der Waals surface area contributed by atoms with Gasteiger partial charge in [-0.3, -0.25) is 4.99 Å². The molecular formula is C18H37N5O2. The van der Waals surface area contributed by atoms with Gasteiger partial charge < -0.3 is 25.6 Å². The minimum absolute atomic E-state index is 0.417. The van der Waals surface area contributed by atoms with Gasteiger partial charge in [0.05, 0.1) is 12.1 Å². The SMILES string of the molecule is CCNC(=NCC(C)(C)NC(=O)OC(C)(C)C)NCC1CCN(C)C1. The van der Waals surface area contributed by atoms with Gasteiger partial charge in [0.1, 0.15) is 5.60 Å². The van der Waals surface area contributed by atoms with Gasteiger partial charge in [-0.25, -0.2) is 4.79 Å². The molecule has 1 aliphatic heterocycles. The summed E-state index contributed by atoms with van der Waals surface area (Å²) in [5.41, 5.74) is -0.993. The summed E-state index contributed by atoms with van der Waals surface area (Å²) in [5.74, 6) is 1.44. The largest absolute Gasteiger partial charge is 0.444 e. The highest BCUT2D eigenvalue weighted by molar-refractivity contribution is 5.79. The summed E-state index contributed by atoms with van der Waals surface area (Å²) in [6.07, 6.45) is 0.800. The molecule has 146 valence electrons. The van der Waals surface area contributed by atoms with Gasteiger partial charge in [0, 0.05) is 19.6 Å². The summed E-state index contributed by atoms with van der Waals surface area (Å²) in [6, 6.07) is 0. The van der Waals surface area contributed by atoms with Gasteiger partial charge in [-0.1, -0.05) is 0 Å². The number of hydrogen-bond donors (Lipinski definition) is 3. The van der Waals surface area contributed by atoms with Gasteiger partial charge in [0.15, 0.2) is 5.96 Å². The third kappa shape index (κ3) is 9.53. The Morgan fingerprint density at radius 1 is 1.24 bits per heavy atom. The molecule has 0 spiro atoms. The molecule has 1 atom stereocenters. The summed E-state index contributed by atoms with van der Waals surface area (Å²) in [6.45, 7) is 15.9. The Kier molecular flexibility index (Phi) is 7.99. The highest BCUT2D eigenvalue weighted by Crippen LogP contribution is 2.13. The molecule has 1 unspecified atom stereocenters. The molecule has 0 aromatic rings. The Morgan fingerprint density at radius 2 is 1.92 bits per heavy atom. The van der Waals surface area contributed by atoms with E-state index in [1.807, 2.05) is 41.5 Å². The molecule has 3 N–H and O–H groups in total. The van der Waals surface area contributed by atoms with Crippen LogP contribution in [0.5, 0.6) is 0 Å². The Hall–Kier alpha value is -1.50. The summed E-state index contributed by atoms with van der Waals surface area (Å²) in [5, 5.41) is 9.56. The summed E-state index contributed by atoms with van der Waals surface area (Å²) in [4.78, 5) is 18.9. The Balaban J connectivity index is 2.51. The standard InChI is InChI=1S/C18H37N5O2/c1-8-19-15(20-11-14-9-10-23(7)12-14)21-13-18(5,6)22-16(24)25-17(2,3)4/h14H,8-13H2,1-7H3,(H,22,24)(H2,19,20,21). The Morgan fingerprint density at radius 3 is 2.44 bits per heavy atom. The number of amides is 1. The monoisotopic (exact) mass is 355 g/mol. The van der Waals surface area contributed by atoms with Gasteiger partial charge in [0.25, 0.3) is 0 Å². The van der Waals surface area contributed by atoms with Crippen molar-refractivity contribution in [1.29, 1.82) is 0 Å². The third-order valence-electron chi connectivity index (χ3n) is 3.86. The number of carbonyl (C=O) groups excluding carboxylic acids is 1. The van der Waals surface area contributed by atoms with Crippen LogP contribution in [0.15, 0.2) is 4.99 Å². The van der Waals surface area contributed by atoms with E-state index >= 15 is 0 Å². The first kappa shape index (κ1) is 21.5. The number of aliphatic imine (C=N–C) groups is 1. The second kappa shape index (κ2) is 9.27. The normalized spacial score (nSPS) is 19.6. The van der Waals surface area contributed by atoms with Gasteiger partial charge in [-0.15, -0.1) is 0 Å². The van der Waals surface area contributed by atoms with Crippen molar-refractivity contribution in [3.05, 3.63) is 0 Å². The van der Waals surface area contributed by atoms with Crippen LogP contribution >= 0.6 is 0 Å². The lowest BCUT2D eigenvalue weighted by Crippen LogP contribution is -2.49. The number of nitrogens with zero attached hydrogens (tertiary/aromatic N) is 2. The first-order valence-corrected chi connectivity index (χ1v) is 9.22. The minimum Gasteiger partial charge on any atom is -0.444 e. The van der Waals surface area contributed by atoms with E-state index in [-0.39, 0.29) is 0 Å². The number of guanidine groups is 1.